The number of hydrogen-bond donors (Lipinski definition) is 3. The molecule has 0 aliphatic carbocycles. The summed E-state index contributed by atoms with van der Waals surface area (Å²) in [6.07, 6.45) is 1.21. The van der Waals surface area contributed by atoms with E-state index >= 15 is 0 Å². The van der Waals surface area contributed by atoms with Gasteiger partial charge in [0, 0.05) is 17.3 Å². The first-order valence-electron chi connectivity index (χ1n) is 11.3. The van der Waals surface area contributed by atoms with E-state index in [4.69, 9.17) is 16.3 Å². The minimum absolute atomic E-state index is 0.0648. The normalized spacial score (nSPS) is 23.0. The second-order valence-electron chi connectivity index (χ2n) is 8.97. The standard InChI is InChI=1S/C27H26ClN3O3/c1-16-12-21-24(23(28)13-16)30-26(33)27(21)22(15-19(31-27)14-17-6-4-3-5-7-17)25(32)29-18-8-10-20(34-2)11-9-18/h3-13,19,22,31H,14-15H2,1-2H3,(H,29,32)(H,30,33)/t19-,22+,27-/m0/s1. The van der Waals surface area contributed by atoms with E-state index < -0.39 is 11.5 Å². The summed E-state index contributed by atoms with van der Waals surface area (Å²) in [4.78, 5) is 27.2. The molecule has 3 aromatic rings. The third-order valence-corrected chi connectivity index (χ3v) is 7.03. The fourth-order valence-corrected chi connectivity index (χ4v) is 5.51. The van der Waals surface area contributed by atoms with Crippen LogP contribution in [0.4, 0.5) is 11.4 Å². The van der Waals surface area contributed by atoms with Crippen molar-refractivity contribution in [2.24, 2.45) is 5.92 Å². The number of nitrogens with one attached hydrogen (secondary N) is 3. The van der Waals surface area contributed by atoms with Crippen LogP contribution in [-0.2, 0) is 21.5 Å². The molecule has 174 valence electrons. The molecule has 2 heterocycles. The number of fused-ring (bicyclic) bond motifs is 2. The van der Waals surface area contributed by atoms with Crippen LogP contribution in [-0.4, -0.2) is 25.0 Å². The Balaban J connectivity index is 1.52. The Labute approximate surface area is 203 Å². The molecule has 6 nitrogen and oxygen atoms in total. The molecule has 1 saturated heterocycles. The van der Waals surface area contributed by atoms with Gasteiger partial charge in [0.2, 0.25) is 11.8 Å². The molecule has 0 saturated carbocycles. The minimum Gasteiger partial charge on any atom is -0.497 e. The lowest BCUT2D eigenvalue weighted by Crippen LogP contribution is -2.52. The summed E-state index contributed by atoms with van der Waals surface area (Å²) in [5.41, 5.74) is 2.84. The van der Waals surface area contributed by atoms with Gasteiger partial charge in [0.05, 0.1) is 23.7 Å². The molecule has 3 atom stereocenters. The minimum atomic E-state index is -1.19. The summed E-state index contributed by atoms with van der Waals surface area (Å²) in [7, 11) is 1.59. The van der Waals surface area contributed by atoms with Crippen LogP contribution in [0.5, 0.6) is 5.75 Å². The lowest BCUT2D eigenvalue weighted by atomic mass is 9.79. The van der Waals surface area contributed by atoms with Crippen molar-refractivity contribution in [3.8, 4) is 5.75 Å². The fraction of sp³-hybridized carbons (Fsp3) is 0.259. The number of ether oxygens (including phenoxy) is 1. The third-order valence-electron chi connectivity index (χ3n) is 6.73. The molecule has 2 aliphatic rings. The van der Waals surface area contributed by atoms with Gasteiger partial charge in [0.1, 0.15) is 11.3 Å². The second-order valence-corrected chi connectivity index (χ2v) is 9.38. The molecule has 3 aromatic carbocycles. The quantitative estimate of drug-likeness (QED) is 0.501. The van der Waals surface area contributed by atoms with Crippen LogP contribution < -0.4 is 20.7 Å². The highest BCUT2D eigenvalue weighted by atomic mass is 35.5. The van der Waals surface area contributed by atoms with Crippen LogP contribution in [0.1, 0.15) is 23.1 Å². The van der Waals surface area contributed by atoms with Crippen molar-refractivity contribution in [2.45, 2.75) is 31.3 Å². The Bertz CT molecular complexity index is 1250. The number of anilines is 2. The number of carbonyl (C=O) groups excluding carboxylic acids is 2. The van der Waals surface area contributed by atoms with E-state index in [9.17, 15) is 9.59 Å². The Morgan fingerprint density at radius 1 is 1.15 bits per heavy atom. The second kappa shape index (κ2) is 8.78. The molecule has 2 aliphatic heterocycles. The highest BCUT2D eigenvalue weighted by molar-refractivity contribution is 6.35. The van der Waals surface area contributed by atoms with E-state index in [1.165, 1.54) is 0 Å². The number of methoxy groups -OCH3 is 1. The highest BCUT2D eigenvalue weighted by Gasteiger charge is 2.60. The lowest BCUT2D eigenvalue weighted by Gasteiger charge is -2.29. The summed E-state index contributed by atoms with van der Waals surface area (Å²) in [6.45, 7) is 1.94. The van der Waals surface area contributed by atoms with E-state index in [1.807, 2.05) is 37.3 Å². The molecular formula is C27H26ClN3O3. The van der Waals surface area contributed by atoms with Gasteiger partial charge in [-0.05, 0) is 61.2 Å². The van der Waals surface area contributed by atoms with Gasteiger partial charge in [0.25, 0.3) is 0 Å². The van der Waals surface area contributed by atoms with Crippen molar-refractivity contribution >= 4 is 34.8 Å². The van der Waals surface area contributed by atoms with E-state index in [0.717, 1.165) is 16.7 Å². The average Bonchev–Trinajstić information content (AvgIpc) is 3.34. The van der Waals surface area contributed by atoms with E-state index in [1.54, 1.807) is 31.4 Å². The molecular weight excluding hydrogens is 450 g/mol. The van der Waals surface area contributed by atoms with Crippen LogP contribution in [0.15, 0.2) is 66.7 Å². The number of hydrogen-bond acceptors (Lipinski definition) is 4. The van der Waals surface area contributed by atoms with Crippen molar-refractivity contribution < 1.29 is 14.3 Å². The van der Waals surface area contributed by atoms with E-state index in [0.29, 0.717) is 35.0 Å². The number of carbonyl (C=O) groups is 2. The largest absolute Gasteiger partial charge is 0.497 e. The zero-order chi connectivity index (χ0) is 23.9. The number of aryl methyl sites for hydroxylation is 1. The fourth-order valence-electron chi connectivity index (χ4n) is 5.19. The van der Waals surface area contributed by atoms with E-state index in [2.05, 4.69) is 28.1 Å². The molecule has 3 N–H and O–H groups in total. The van der Waals surface area contributed by atoms with Crippen molar-refractivity contribution in [1.82, 2.24) is 5.32 Å². The number of halogens is 1. The van der Waals surface area contributed by atoms with Crippen LogP contribution in [0.25, 0.3) is 0 Å². The summed E-state index contributed by atoms with van der Waals surface area (Å²) in [6, 6.07) is 20.9. The van der Waals surface area contributed by atoms with Crippen molar-refractivity contribution in [2.75, 3.05) is 17.7 Å². The first-order chi connectivity index (χ1) is 16.4. The maximum Gasteiger partial charge on any atom is 0.250 e. The van der Waals surface area contributed by atoms with Crippen LogP contribution in [0.2, 0.25) is 5.02 Å². The highest BCUT2D eigenvalue weighted by Crippen LogP contribution is 2.50. The number of amides is 2. The molecule has 5 rings (SSSR count). The molecule has 0 aromatic heterocycles. The van der Waals surface area contributed by atoms with Gasteiger partial charge in [0.15, 0.2) is 0 Å². The number of rotatable bonds is 5. The molecule has 7 heteroatoms. The van der Waals surface area contributed by atoms with Crippen molar-refractivity contribution in [3.63, 3.8) is 0 Å². The van der Waals surface area contributed by atoms with Gasteiger partial charge in [-0.15, -0.1) is 0 Å². The zero-order valence-electron chi connectivity index (χ0n) is 19.0. The van der Waals surface area contributed by atoms with Gasteiger partial charge in [-0.2, -0.15) is 0 Å². The van der Waals surface area contributed by atoms with Crippen LogP contribution >= 0.6 is 11.6 Å². The summed E-state index contributed by atoms with van der Waals surface area (Å²) in [5.74, 6) is -0.383. The van der Waals surface area contributed by atoms with Gasteiger partial charge >= 0.3 is 0 Å². The Morgan fingerprint density at radius 3 is 2.59 bits per heavy atom. The third kappa shape index (κ3) is 3.83. The molecule has 1 spiro atoms. The Morgan fingerprint density at radius 2 is 1.88 bits per heavy atom. The lowest BCUT2D eigenvalue weighted by molar-refractivity contribution is -0.130. The summed E-state index contributed by atoms with van der Waals surface area (Å²) < 4.78 is 5.21. The van der Waals surface area contributed by atoms with Gasteiger partial charge in [-0.1, -0.05) is 48.0 Å². The number of benzene rings is 3. The van der Waals surface area contributed by atoms with Gasteiger partial charge in [-0.25, -0.2) is 0 Å². The first kappa shape index (κ1) is 22.4. The monoisotopic (exact) mass is 475 g/mol. The maximum absolute atomic E-state index is 13.7. The topological polar surface area (TPSA) is 79.5 Å². The van der Waals surface area contributed by atoms with Gasteiger partial charge < -0.3 is 15.4 Å². The van der Waals surface area contributed by atoms with Crippen molar-refractivity contribution in [1.29, 1.82) is 0 Å². The smallest absolute Gasteiger partial charge is 0.250 e. The predicted molar refractivity (Wildman–Crippen MR) is 133 cm³/mol. The first-order valence-corrected chi connectivity index (χ1v) is 11.7. The molecule has 0 unspecified atom stereocenters. The molecule has 2 amide bonds. The van der Waals surface area contributed by atoms with Gasteiger partial charge in [-0.3, -0.25) is 14.9 Å². The predicted octanol–water partition coefficient (Wildman–Crippen LogP) is 4.66. The van der Waals surface area contributed by atoms with E-state index in [-0.39, 0.29) is 17.9 Å². The Hall–Kier alpha value is -3.35. The molecule has 1 fully saturated rings. The van der Waals surface area contributed by atoms with Crippen LogP contribution in [0.3, 0.4) is 0 Å². The summed E-state index contributed by atoms with van der Waals surface area (Å²) in [5, 5.41) is 9.98. The molecule has 0 bridgehead atoms. The summed E-state index contributed by atoms with van der Waals surface area (Å²) >= 11 is 6.50. The molecule has 34 heavy (non-hydrogen) atoms. The Kier molecular flexibility index (Phi) is 5.80. The zero-order valence-corrected chi connectivity index (χ0v) is 19.8. The SMILES string of the molecule is COc1ccc(NC(=O)[C@H]2C[C@H](Cc3ccccc3)N[C@]23C(=O)Nc2c(Cl)cc(C)cc23)cc1. The maximum atomic E-state index is 13.7. The van der Waals surface area contributed by atoms with Crippen LogP contribution in [0, 0.1) is 12.8 Å². The average molecular weight is 476 g/mol. The molecule has 0 radical (unpaired) electrons. The van der Waals surface area contributed by atoms with Crippen molar-refractivity contribution in [3.05, 3.63) is 88.4 Å².